The monoisotopic (exact) mass is 331 g/mol. The third-order valence-electron chi connectivity index (χ3n) is 2.76. The molecule has 0 aliphatic rings. The SMILES string of the molecule is Cc1sc(C(=O)O)cc1S(=O)(=O)N(C)Cc1ccsc1. The van der Waals surface area contributed by atoms with Crippen LogP contribution in [0.3, 0.4) is 0 Å². The minimum absolute atomic E-state index is 0.0324. The molecule has 0 bridgehead atoms. The van der Waals surface area contributed by atoms with Crippen LogP contribution in [-0.4, -0.2) is 30.8 Å². The number of thiophene rings is 2. The fraction of sp³-hybridized carbons (Fsp3) is 0.250. The Balaban J connectivity index is 2.32. The van der Waals surface area contributed by atoms with Gasteiger partial charge in [0.25, 0.3) is 0 Å². The summed E-state index contributed by atoms with van der Waals surface area (Å²) in [4.78, 5) is 11.5. The highest BCUT2D eigenvalue weighted by Crippen LogP contribution is 2.28. The molecule has 0 spiro atoms. The van der Waals surface area contributed by atoms with Crippen molar-refractivity contribution in [2.75, 3.05) is 7.05 Å². The molecule has 8 heteroatoms. The maximum atomic E-state index is 12.5. The van der Waals surface area contributed by atoms with Crippen molar-refractivity contribution in [2.45, 2.75) is 18.4 Å². The summed E-state index contributed by atoms with van der Waals surface area (Å²) in [7, 11) is -2.18. The van der Waals surface area contributed by atoms with Gasteiger partial charge >= 0.3 is 5.97 Å². The molecule has 108 valence electrons. The van der Waals surface area contributed by atoms with Gasteiger partial charge < -0.3 is 5.11 Å². The van der Waals surface area contributed by atoms with E-state index in [4.69, 9.17) is 5.11 Å². The summed E-state index contributed by atoms with van der Waals surface area (Å²) in [5.74, 6) is -1.11. The summed E-state index contributed by atoms with van der Waals surface area (Å²) in [6.07, 6.45) is 0. The molecule has 2 heterocycles. The molecule has 20 heavy (non-hydrogen) atoms. The van der Waals surface area contributed by atoms with E-state index in [2.05, 4.69) is 0 Å². The fourth-order valence-electron chi connectivity index (χ4n) is 1.72. The molecule has 0 amide bonds. The Morgan fingerprint density at radius 3 is 2.65 bits per heavy atom. The molecule has 0 aliphatic carbocycles. The van der Waals surface area contributed by atoms with Gasteiger partial charge in [-0.25, -0.2) is 13.2 Å². The maximum Gasteiger partial charge on any atom is 0.345 e. The van der Waals surface area contributed by atoms with E-state index in [9.17, 15) is 13.2 Å². The van der Waals surface area contributed by atoms with Crippen LogP contribution >= 0.6 is 22.7 Å². The first-order chi connectivity index (χ1) is 9.32. The summed E-state index contributed by atoms with van der Waals surface area (Å²) in [6, 6.07) is 3.08. The summed E-state index contributed by atoms with van der Waals surface area (Å²) in [5.41, 5.74) is 0.910. The molecule has 2 aromatic heterocycles. The number of carboxylic acid groups (broad SMARTS) is 1. The third kappa shape index (κ3) is 2.93. The van der Waals surface area contributed by atoms with Gasteiger partial charge in [-0.3, -0.25) is 0 Å². The smallest absolute Gasteiger partial charge is 0.345 e. The van der Waals surface area contributed by atoms with Gasteiger partial charge in [0.1, 0.15) is 4.88 Å². The second-order valence-corrected chi connectivity index (χ2v) is 8.28. The quantitative estimate of drug-likeness (QED) is 0.914. The van der Waals surface area contributed by atoms with Crippen molar-refractivity contribution < 1.29 is 18.3 Å². The highest BCUT2D eigenvalue weighted by Gasteiger charge is 2.26. The minimum Gasteiger partial charge on any atom is -0.477 e. The molecule has 0 saturated carbocycles. The number of nitrogens with zero attached hydrogens (tertiary/aromatic N) is 1. The maximum absolute atomic E-state index is 12.5. The predicted octanol–water partition coefficient (Wildman–Crippen LogP) is 2.64. The van der Waals surface area contributed by atoms with Crippen LogP contribution in [0.25, 0.3) is 0 Å². The second-order valence-electron chi connectivity index (χ2n) is 4.23. The van der Waals surface area contributed by atoms with Crippen LogP contribution in [0.1, 0.15) is 20.1 Å². The number of carbonyl (C=O) groups is 1. The molecule has 0 atom stereocenters. The summed E-state index contributed by atoms with van der Waals surface area (Å²) < 4.78 is 26.1. The van der Waals surface area contributed by atoms with Gasteiger partial charge in [-0.15, -0.1) is 11.3 Å². The van der Waals surface area contributed by atoms with Crippen molar-refractivity contribution in [3.8, 4) is 0 Å². The largest absolute Gasteiger partial charge is 0.477 e. The topological polar surface area (TPSA) is 74.7 Å². The molecule has 1 N–H and O–H groups in total. The number of hydrogen-bond donors (Lipinski definition) is 1. The van der Waals surface area contributed by atoms with E-state index in [1.54, 1.807) is 6.92 Å². The van der Waals surface area contributed by atoms with E-state index in [-0.39, 0.29) is 16.3 Å². The number of hydrogen-bond acceptors (Lipinski definition) is 5. The molecule has 0 saturated heterocycles. The molecule has 0 fully saturated rings. The molecule has 0 unspecified atom stereocenters. The summed E-state index contributed by atoms with van der Waals surface area (Å²) in [6.45, 7) is 1.88. The number of aromatic carboxylic acids is 1. The van der Waals surface area contributed by atoms with Crippen LogP contribution in [-0.2, 0) is 16.6 Å². The number of aryl methyl sites for hydroxylation is 1. The van der Waals surface area contributed by atoms with Crippen LogP contribution in [0.4, 0.5) is 0 Å². The van der Waals surface area contributed by atoms with Crippen LogP contribution in [0.15, 0.2) is 27.8 Å². The fourth-order valence-corrected chi connectivity index (χ4v) is 4.93. The standard InChI is InChI=1S/C12H13NO4S3/c1-8-11(5-10(19-8)12(14)15)20(16,17)13(2)6-9-3-4-18-7-9/h3-5,7H,6H2,1-2H3,(H,14,15). The van der Waals surface area contributed by atoms with Gasteiger partial charge in [0, 0.05) is 18.5 Å². The van der Waals surface area contributed by atoms with Gasteiger partial charge in [-0.1, -0.05) is 0 Å². The van der Waals surface area contributed by atoms with Crippen LogP contribution in [0.5, 0.6) is 0 Å². The van der Waals surface area contributed by atoms with Crippen LogP contribution in [0, 0.1) is 6.92 Å². The second kappa shape index (κ2) is 5.65. The minimum atomic E-state index is -3.67. The van der Waals surface area contributed by atoms with Crippen LogP contribution < -0.4 is 0 Å². The van der Waals surface area contributed by atoms with Crippen molar-refractivity contribution in [1.29, 1.82) is 0 Å². The normalized spacial score (nSPS) is 11.9. The first-order valence-electron chi connectivity index (χ1n) is 5.63. The zero-order chi connectivity index (χ0) is 14.9. The lowest BCUT2D eigenvalue weighted by Gasteiger charge is -2.16. The van der Waals surface area contributed by atoms with E-state index in [1.165, 1.54) is 28.8 Å². The Morgan fingerprint density at radius 2 is 2.15 bits per heavy atom. The average Bonchev–Trinajstić information content (AvgIpc) is 2.98. The third-order valence-corrected chi connectivity index (χ3v) is 6.59. The number of rotatable bonds is 5. The predicted molar refractivity (Wildman–Crippen MR) is 79.0 cm³/mol. The van der Waals surface area contributed by atoms with E-state index in [0.29, 0.717) is 4.88 Å². The highest BCUT2D eigenvalue weighted by molar-refractivity contribution is 7.89. The molecule has 2 aromatic rings. The zero-order valence-electron chi connectivity index (χ0n) is 10.9. The lowest BCUT2D eigenvalue weighted by molar-refractivity contribution is 0.0702. The lowest BCUT2D eigenvalue weighted by atomic mass is 10.3. The molecular formula is C12H13NO4S3. The zero-order valence-corrected chi connectivity index (χ0v) is 13.3. The van der Waals surface area contributed by atoms with Gasteiger partial charge in [0.05, 0.1) is 4.90 Å². The number of sulfonamides is 1. The van der Waals surface area contributed by atoms with E-state index in [1.807, 2.05) is 16.8 Å². The van der Waals surface area contributed by atoms with Crippen molar-refractivity contribution in [1.82, 2.24) is 4.31 Å². The number of carboxylic acids is 1. The summed E-state index contributed by atoms with van der Waals surface area (Å²) >= 11 is 2.47. The van der Waals surface area contributed by atoms with E-state index < -0.39 is 16.0 Å². The molecule has 2 rings (SSSR count). The van der Waals surface area contributed by atoms with Crippen molar-refractivity contribution in [3.05, 3.63) is 38.2 Å². The molecule has 0 aromatic carbocycles. The van der Waals surface area contributed by atoms with Gasteiger partial charge in [0.2, 0.25) is 10.0 Å². The average molecular weight is 331 g/mol. The van der Waals surface area contributed by atoms with Crippen molar-refractivity contribution in [3.63, 3.8) is 0 Å². The highest BCUT2D eigenvalue weighted by atomic mass is 32.2. The lowest BCUT2D eigenvalue weighted by Crippen LogP contribution is -2.26. The Labute approximate surface area is 125 Å². The first kappa shape index (κ1) is 15.2. The molecule has 0 radical (unpaired) electrons. The Morgan fingerprint density at radius 1 is 1.45 bits per heavy atom. The molecule has 5 nitrogen and oxygen atoms in total. The summed E-state index contributed by atoms with van der Waals surface area (Å²) in [5, 5.41) is 12.7. The Bertz CT molecular complexity index is 716. The van der Waals surface area contributed by atoms with Crippen LogP contribution in [0.2, 0.25) is 0 Å². The Hall–Kier alpha value is -1.22. The molecule has 0 aliphatic heterocycles. The molecular weight excluding hydrogens is 318 g/mol. The van der Waals surface area contributed by atoms with E-state index >= 15 is 0 Å². The van der Waals surface area contributed by atoms with Crippen molar-refractivity contribution in [2.24, 2.45) is 0 Å². The Kier molecular flexibility index (Phi) is 4.28. The van der Waals surface area contributed by atoms with Gasteiger partial charge in [-0.05, 0) is 35.4 Å². The van der Waals surface area contributed by atoms with Gasteiger partial charge in [0.15, 0.2) is 0 Å². The van der Waals surface area contributed by atoms with E-state index in [0.717, 1.165) is 16.9 Å². The first-order valence-corrected chi connectivity index (χ1v) is 8.83. The van der Waals surface area contributed by atoms with Crippen molar-refractivity contribution >= 4 is 38.7 Å². The van der Waals surface area contributed by atoms with Gasteiger partial charge in [-0.2, -0.15) is 15.6 Å².